The third-order valence-electron chi connectivity index (χ3n) is 5.87. The van der Waals surface area contributed by atoms with Crippen LogP contribution in [0.25, 0.3) is 38.9 Å². The van der Waals surface area contributed by atoms with E-state index in [9.17, 15) is 4.79 Å². The number of benzene rings is 2. The highest BCUT2D eigenvalue weighted by atomic mass is 16.7. The number of fused-ring (bicyclic) bond motifs is 5. The number of hydrogen-bond acceptors (Lipinski definition) is 6. The summed E-state index contributed by atoms with van der Waals surface area (Å²) < 4.78 is 14.5. The third kappa shape index (κ3) is 2.54. The number of hydrogen-bond donors (Lipinski definition) is 0. The van der Waals surface area contributed by atoms with Crippen molar-refractivity contribution < 1.29 is 9.47 Å². The fourth-order valence-corrected chi connectivity index (χ4v) is 4.03. The Kier molecular flexibility index (Phi) is 3.77. The molecule has 0 saturated heterocycles. The zero-order chi connectivity index (χ0) is 21.1. The van der Waals surface area contributed by atoms with Crippen LogP contribution in [0.1, 0.15) is 26.3 Å². The van der Waals surface area contributed by atoms with Gasteiger partial charge in [0.15, 0.2) is 22.8 Å². The third-order valence-corrected chi connectivity index (χ3v) is 5.87. The fourth-order valence-electron chi connectivity index (χ4n) is 4.03. The number of para-hydroxylation sites is 2. The average molecular weight is 413 g/mol. The molecule has 1 unspecified atom stereocenters. The Morgan fingerprint density at radius 1 is 1.03 bits per heavy atom. The minimum absolute atomic E-state index is 0.0294. The van der Waals surface area contributed by atoms with Gasteiger partial charge in [-0.15, -0.1) is 0 Å². The molecule has 0 amide bonds. The first kappa shape index (κ1) is 17.9. The van der Waals surface area contributed by atoms with Gasteiger partial charge in [-0.25, -0.2) is 15.0 Å². The summed E-state index contributed by atoms with van der Waals surface area (Å²) in [7, 11) is 0. The van der Waals surface area contributed by atoms with E-state index >= 15 is 0 Å². The minimum atomic E-state index is -0.117. The number of nitrogens with zero attached hydrogens (tertiary/aromatic N) is 5. The largest absolute Gasteiger partial charge is 0.454 e. The molecule has 2 aromatic carbocycles. The highest BCUT2D eigenvalue weighted by molar-refractivity contribution is 6.05. The maximum atomic E-state index is 13.5. The van der Waals surface area contributed by atoms with Crippen molar-refractivity contribution in [2.75, 3.05) is 6.79 Å². The first-order valence-electron chi connectivity index (χ1n) is 10.2. The molecule has 0 N–H and O–H groups in total. The number of ether oxygens (including phenoxy) is 2. The van der Waals surface area contributed by atoms with Gasteiger partial charge < -0.3 is 9.47 Å². The second kappa shape index (κ2) is 6.53. The lowest BCUT2D eigenvalue weighted by atomic mass is 10.2. The summed E-state index contributed by atoms with van der Waals surface area (Å²) >= 11 is 0. The van der Waals surface area contributed by atoms with E-state index in [1.807, 2.05) is 60.9 Å². The Morgan fingerprint density at radius 3 is 2.61 bits per heavy atom. The molecule has 5 aromatic rings. The second-order valence-electron chi connectivity index (χ2n) is 7.67. The van der Waals surface area contributed by atoms with Gasteiger partial charge in [0.1, 0.15) is 17.2 Å². The van der Waals surface area contributed by atoms with E-state index in [1.165, 1.54) is 0 Å². The van der Waals surface area contributed by atoms with Crippen LogP contribution in [0.2, 0.25) is 0 Å². The van der Waals surface area contributed by atoms with Gasteiger partial charge in [-0.05, 0) is 37.6 Å². The van der Waals surface area contributed by atoms with E-state index < -0.39 is 0 Å². The first-order valence-corrected chi connectivity index (χ1v) is 10.2. The number of aromatic nitrogens is 5. The van der Waals surface area contributed by atoms with Gasteiger partial charge in [0.05, 0.1) is 16.7 Å². The summed E-state index contributed by atoms with van der Waals surface area (Å²) in [5, 5.41) is 0.466. The van der Waals surface area contributed by atoms with Gasteiger partial charge in [0.25, 0.3) is 5.56 Å². The van der Waals surface area contributed by atoms with Crippen LogP contribution >= 0.6 is 0 Å². The van der Waals surface area contributed by atoms with Crippen LogP contribution in [-0.4, -0.2) is 30.9 Å². The van der Waals surface area contributed by atoms with Crippen molar-refractivity contribution in [1.29, 1.82) is 0 Å². The Morgan fingerprint density at radius 2 is 1.81 bits per heavy atom. The van der Waals surface area contributed by atoms with Gasteiger partial charge in [-0.1, -0.05) is 19.1 Å². The lowest BCUT2D eigenvalue weighted by molar-refractivity contribution is 0.174. The van der Waals surface area contributed by atoms with Gasteiger partial charge in [-0.3, -0.25) is 13.9 Å². The summed E-state index contributed by atoms with van der Waals surface area (Å²) in [6.07, 6.45) is 2.43. The maximum absolute atomic E-state index is 13.5. The van der Waals surface area contributed by atoms with Crippen LogP contribution in [0.5, 0.6) is 11.5 Å². The molecule has 0 spiro atoms. The molecule has 0 aliphatic carbocycles. The van der Waals surface area contributed by atoms with E-state index in [0.717, 1.165) is 23.1 Å². The maximum Gasteiger partial charge on any atom is 0.265 e. The lowest BCUT2D eigenvalue weighted by Crippen LogP contribution is -2.23. The Balaban J connectivity index is 1.77. The van der Waals surface area contributed by atoms with E-state index in [1.54, 1.807) is 10.9 Å². The van der Waals surface area contributed by atoms with Crippen molar-refractivity contribution in [2.24, 2.45) is 0 Å². The standard InChI is InChI=1S/C23H19N5O3/c1-3-13(2)27-11-24-21-19(23(27)29)20-22(26-16-7-5-4-6-15(16)25-20)28(21)14-8-9-17-18(10-14)31-12-30-17/h4-11,13H,3,12H2,1-2H3. The molecule has 8 nitrogen and oxygen atoms in total. The van der Waals surface area contributed by atoms with Gasteiger partial charge in [0, 0.05) is 12.1 Å². The van der Waals surface area contributed by atoms with E-state index in [0.29, 0.717) is 33.7 Å². The van der Waals surface area contributed by atoms with E-state index in [2.05, 4.69) is 4.98 Å². The van der Waals surface area contributed by atoms with Gasteiger partial charge in [0.2, 0.25) is 6.79 Å². The molecule has 8 heteroatoms. The van der Waals surface area contributed by atoms with Crippen LogP contribution in [-0.2, 0) is 0 Å². The normalized spacial score (nSPS) is 14.0. The van der Waals surface area contributed by atoms with Crippen molar-refractivity contribution >= 4 is 33.2 Å². The van der Waals surface area contributed by atoms with Crippen LogP contribution in [0, 0.1) is 0 Å². The first-order chi connectivity index (χ1) is 15.2. The Hall–Kier alpha value is -3.94. The molecule has 0 saturated carbocycles. The van der Waals surface area contributed by atoms with Crippen molar-refractivity contribution in [1.82, 2.24) is 24.1 Å². The molecule has 4 heterocycles. The summed E-state index contributed by atoms with van der Waals surface area (Å²) in [5.74, 6) is 1.34. The van der Waals surface area contributed by atoms with Crippen LogP contribution in [0.4, 0.5) is 0 Å². The highest BCUT2D eigenvalue weighted by Crippen LogP contribution is 2.36. The van der Waals surface area contributed by atoms with Gasteiger partial charge in [-0.2, -0.15) is 0 Å². The molecule has 0 bridgehead atoms. The summed E-state index contributed by atoms with van der Waals surface area (Å²) in [4.78, 5) is 27.9. The molecule has 1 aliphatic rings. The molecule has 1 atom stereocenters. The van der Waals surface area contributed by atoms with Crippen molar-refractivity contribution in [3.05, 3.63) is 59.1 Å². The SMILES string of the molecule is CCC(C)n1cnc2c(c1=O)c1nc3ccccc3nc1n2-c1ccc2c(c1)OCO2. The Labute approximate surface area is 176 Å². The molecule has 154 valence electrons. The van der Waals surface area contributed by atoms with Crippen molar-refractivity contribution in [3.63, 3.8) is 0 Å². The van der Waals surface area contributed by atoms with Crippen molar-refractivity contribution in [2.45, 2.75) is 26.3 Å². The lowest BCUT2D eigenvalue weighted by Gasteiger charge is -2.12. The predicted molar refractivity (Wildman–Crippen MR) is 117 cm³/mol. The summed E-state index contributed by atoms with van der Waals surface area (Å²) in [5.41, 5.74) is 3.80. The quantitative estimate of drug-likeness (QED) is 0.445. The molecule has 31 heavy (non-hydrogen) atoms. The monoisotopic (exact) mass is 413 g/mol. The highest BCUT2D eigenvalue weighted by Gasteiger charge is 2.23. The van der Waals surface area contributed by atoms with E-state index in [4.69, 9.17) is 19.4 Å². The fraction of sp³-hybridized carbons (Fsp3) is 0.217. The zero-order valence-electron chi connectivity index (χ0n) is 17.1. The molecule has 1 aliphatic heterocycles. The smallest absolute Gasteiger partial charge is 0.265 e. The molecule has 6 rings (SSSR count). The molecule has 0 fully saturated rings. The molecule has 3 aromatic heterocycles. The van der Waals surface area contributed by atoms with Crippen molar-refractivity contribution in [3.8, 4) is 17.2 Å². The Bertz CT molecular complexity index is 1550. The zero-order valence-corrected chi connectivity index (χ0v) is 17.1. The predicted octanol–water partition coefficient (Wildman–Crippen LogP) is 3.98. The average Bonchev–Trinajstić information content (AvgIpc) is 3.39. The molecular weight excluding hydrogens is 394 g/mol. The van der Waals surface area contributed by atoms with E-state index in [-0.39, 0.29) is 18.4 Å². The molecule has 0 radical (unpaired) electrons. The van der Waals surface area contributed by atoms with Crippen LogP contribution in [0.15, 0.2) is 53.6 Å². The second-order valence-corrected chi connectivity index (χ2v) is 7.67. The van der Waals surface area contributed by atoms with Crippen LogP contribution in [0.3, 0.4) is 0 Å². The topological polar surface area (TPSA) is 84.1 Å². The summed E-state index contributed by atoms with van der Waals surface area (Å²) in [6, 6.07) is 13.3. The number of rotatable bonds is 3. The minimum Gasteiger partial charge on any atom is -0.454 e. The molecular formula is C23H19N5O3. The van der Waals surface area contributed by atoms with Gasteiger partial charge >= 0.3 is 0 Å². The van der Waals surface area contributed by atoms with Crippen LogP contribution < -0.4 is 15.0 Å². The summed E-state index contributed by atoms with van der Waals surface area (Å²) in [6.45, 7) is 4.24.